The molecule has 3 nitrogen and oxygen atoms in total. The Morgan fingerprint density at radius 1 is 0.962 bits per heavy atom. The van der Waals surface area contributed by atoms with E-state index in [0.29, 0.717) is 17.5 Å². The summed E-state index contributed by atoms with van der Waals surface area (Å²) < 4.78 is 0. The number of fused-ring (bicyclic) bond motifs is 1. The van der Waals surface area contributed by atoms with Gasteiger partial charge >= 0.3 is 0 Å². The summed E-state index contributed by atoms with van der Waals surface area (Å²) in [6, 6.07) is 15.9. The van der Waals surface area contributed by atoms with Gasteiger partial charge in [0.1, 0.15) is 5.78 Å². The number of carbonyl (C=O) groups excluding carboxylic acids is 3. The maximum atomic E-state index is 13.1. The molecule has 1 aliphatic carbocycles. The molecular weight excluding hydrogens is 348 g/mol. The fourth-order valence-electron chi connectivity index (χ4n) is 3.57. The highest BCUT2D eigenvalue weighted by atomic mass is 35.5. The number of hydrogen-bond donors (Lipinski definition) is 0. The lowest BCUT2D eigenvalue weighted by Crippen LogP contribution is -2.42. The number of alkyl halides is 1. The monoisotopic (exact) mass is 368 g/mol. The average molecular weight is 369 g/mol. The van der Waals surface area contributed by atoms with Crippen molar-refractivity contribution in [2.45, 2.75) is 43.4 Å². The van der Waals surface area contributed by atoms with Crippen molar-refractivity contribution in [1.82, 2.24) is 0 Å². The van der Waals surface area contributed by atoms with Crippen molar-refractivity contribution >= 4 is 29.0 Å². The second-order valence-corrected chi connectivity index (χ2v) is 7.32. The summed E-state index contributed by atoms with van der Waals surface area (Å²) in [4.78, 5) is 36.9. The molecule has 134 valence electrons. The van der Waals surface area contributed by atoms with E-state index in [0.717, 1.165) is 18.4 Å². The minimum Gasteiger partial charge on any atom is -0.300 e. The van der Waals surface area contributed by atoms with Gasteiger partial charge in [-0.1, -0.05) is 67.9 Å². The standard InChI is InChI=1S/C22H21ClO3/c1-2-3-11-16(24)14-19(15-9-5-4-6-10-15)22(23)20(25)17-12-7-8-13-18(17)21(22)26/h4-10,12-13,19H,2-3,11,14H2,1H3. The third-order valence-electron chi connectivity index (χ3n) is 5.00. The van der Waals surface area contributed by atoms with Gasteiger partial charge in [-0.05, 0) is 12.0 Å². The first-order chi connectivity index (χ1) is 12.5. The molecule has 0 radical (unpaired) electrons. The summed E-state index contributed by atoms with van der Waals surface area (Å²) >= 11 is 6.76. The third-order valence-corrected chi connectivity index (χ3v) is 5.61. The van der Waals surface area contributed by atoms with Crippen LogP contribution in [0.25, 0.3) is 0 Å². The summed E-state index contributed by atoms with van der Waals surface area (Å²) in [5.74, 6) is -1.46. The predicted octanol–water partition coefficient (Wildman–Crippen LogP) is 4.98. The lowest BCUT2D eigenvalue weighted by molar-refractivity contribution is -0.119. The third kappa shape index (κ3) is 3.12. The summed E-state index contributed by atoms with van der Waals surface area (Å²) in [7, 11) is 0. The van der Waals surface area contributed by atoms with Gasteiger partial charge in [-0.15, -0.1) is 11.6 Å². The number of carbonyl (C=O) groups is 3. The molecule has 0 N–H and O–H groups in total. The number of ketones is 3. The van der Waals surface area contributed by atoms with Crippen molar-refractivity contribution in [3.63, 3.8) is 0 Å². The minimum atomic E-state index is -1.76. The van der Waals surface area contributed by atoms with E-state index >= 15 is 0 Å². The van der Waals surface area contributed by atoms with Crippen molar-refractivity contribution in [2.24, 2.45) is 0 Å². The van der Waals surface area contributed by atoms with E-state index in [2.05, 4.69) is 0 Å². The molecule has 0 amide bonds. The Kier molecular flexibility index (Phi) is 5.38. The van der Waals surface area contributed by atoms with Crippen LogP contribution in [0.5, 0.6) is 0 Å². The molecule has 26 heavy (non-hydrogen) atoms. The molecule has 4 heteroatoms. The Balaban J connectivity index is 2.03. The highest BCUT2D eigenvalue weighted by molar-refractivity contribution is 6.55. The zero-order chi connectivity index (χ0) is 18.7. The average Bonchev–Trinajstić information content (AvgIpc) is 2.87. The molecule has 3 rings (SSSR count). The molecule has 0 heterocycles. The summed E-state index contributed by atoms with van der Waals surface area (Å²) in [5, 5.41) is 0. The van der Waals surface area contributed by atoms with E-state index in [1.165, 1.54) is 0 Å². The number of benzene rings is 2. The lowest BCUT2D eigenvalue weighted by atomic mass is 9.78. The van der Waals surface area contributed by atoms with E-state index in [1.54, 1.807) is 24.3 Å². The maximum absolute atomic E-state index is 13.1. The van der Waals surface area contributed by atoms with Crippen LogP contribution >= 0.6 is 11.6 Å². The molecule has 0 aromatic heterocycles. The number of rotatable bonds is 7. The molecule has 0 aliphatic heterocycles. The molecule has 1 unspecified atom stereocenters. The van der Waals surface area contributed by atoms with E-state index in [-0.39, 0.29) is 12.2 Å². The largest absolute Gasteiger partial charge is 0.300 e. The second kappa shape index (κ2) is 7.55. The second-order valence-electron chi connectivity index (χ2n) is 6.73. The van der Waals surface area contributed by atoms with E-state index in [4.69, 9.17) is 11.6 Å². The highest BCUT2D eigenvalue weighted by Gasteiger charge is 2.57. The van der Waals surface area contributed by atoms with Gasteiger partial charge in [-0.25, -0.2) is 0 Å². The predicted molar refractivity (Wildman–Crippen MR) is 102 cm³/mol. The zero-order valence-corrected chi connectivity index (χ0v) is 15.5. The molecule has 1 aliphatic rings. The maximum Gasteiger partial charge on any atom is 0.193 e. The summed E-state index contributed by atoms with van der Waals surface area (Å²) in [5.41, 5.74) is 1.42. The van der Waals surface area contributed by atoms with Gasteiger partial charge in [0.15, 0.2) is 16.4 Å². The Morgan fingerprint density at radius 3 is 2.04 bits per heavy atom. The van der Waals surface area contributed by atoms with Crippen molar-refractivity contribution in [3.05, 3.63) is 71.3 Å². The SMILES string of the molecule is CCCCC(=O)CC(c1ccccc1)C1(Cl)C(=O)c2ccccc2C1=O. The summed E-state index contributed by atoms with van der Waals surface area (Å²) in [6.45, 7) is 2.02. The first kappa shape index (κ1) is 18.5. The quantitative estimate of drug-likeness (QED) is 0.511. The molecule has 0 saturated heterocycles. The van der Waals surface area contributed by atoms with E-state index in [9.17, 15) is 14.4 Å². The molecular formula is C22H21ClO3. The fraction of sp³-hybridized carbons (Fsp3) is 0.318. The zero-order valence-electron chi connectivity index (χ0n) is 14.7. The van der Waals surface area contributed by atoms with Gasteiger partial charge in [-0.3, -0.25) is 14.4 Å². The topological polar surface area (TPSA) is 51.2 Å². The number of unbranched alkanes of at least 4 members (excludes halogenated alkanes) is 1. The minimum absolute atomic E-state index is 0.0253. The van der Waals surface area contributed by atoms with Crippen molar-refractivity contribution in [2.75, 3.05) is 0 Å². The molecule has 2 aromatic carbocycles. The normalized spacial score (nSPS) is 16.4. The smallest absolute Gasteiger partial charge is 0.193 e. The Hall–Kier alpha value is -2.26. The first-order valence-corrected chi connectivity index (χ1v) is 9.32. The van der Waals surface area contributed by atoms with Crippen molar-refractivity contribution in [3.8, 4) is 0 Å². The van der Waals surface area contributed by atoms with Crippen LogP contribution in [0.3, 0.4) is 0 Å². The number of hydrogen-bond acceptors (Lipinski definition) is 3. The van der Waals surface area contributed by atoms with Crippen LogP contribution in [-0.2, 0) is 4.79 Å². The summed E-state index contributed by atoms with van der Waals surface area (Å²) in [6.07, 6.45) is 2.22. The number of halogens is 1. The van der Waals surface area contributed by atoms with E-state index < -0.39 is 22.4 Å². The van der Waals surface area contributed by atoms with Gasteiger partial charge in [-0.2, -0.15) is 0 Å². The van der Waals surface area contributed by atoms with Gasteiger partial charge in [0.25, 0.3) is 0 Å². The van der Waals surface area contributed by atoms with Crippen LogP contribution in [0, 0.1) is 0 Å². The van der Waals surface area contributed by atoms with Crippen LogP contribution < -0.4 is 0 Å². The van der Waals surface area contributed by atoms with Gasteiger partial charge in [0.2, 0.25) is 0 Å². The van der Waals surface area contributed by atoms with E-state index in [1.807, 2.05) is 37.3 Å². The molecule has 0 fully saturated rings. The Bertz CT molecular complexity index is 806. The van der Waals surface area contributed by atoms with Gasteiger partial charge in [0.05, 0.1) is 0 Å². The molecule has 0 saturated carbocycles. The Morgan fingerprint density at radius 2 is 1.50 bits per heavy atom. The van der Waals surface area contributed by atoms with Crippen LogP contribution in [0.2, 0.25) is 0 Å². The van der Waals surface area contributed by atoms with Gasteiger partial charge < -0.3 is 0 Å². The molecule has 0 bridgehead atoms. The Labute approximate surface area is 158 Å². The number of Topliss-reactive ketones (excluding diaryl/α,β-unsaturated/α-hetero) is 3. The van der Waals surface area contributed by atoms with Crippen LogP contribution in [0.4, 0.5) is 0 Å². The van der Waals surface area contributed by atoms with Crippen LogP contribution in [-0.4, -0.2) is 22.2 Å². The lowest BCUT2D eigenvalue weighted by Gasteiger charge is -2.29. The molecule has 2 aromatic rings. The van der Waals surface area contributed by atoms with Crippen molar-refractivity contribution in [1.29, 1.82) is 0 Å². The van der Waals surface area contributed by atoms with Crippen LogP contribution in [0.1, 0.15) is 64.8 Å². The van der Waals surface area contributed by atoms with Crippen molar-refractivity contribution < 1.29 is 14.4 Å². The highest BCUT2D eigenvalue weighted by Crippen LogP contribution is 2.46. The first-order valence-electron chi connectivity index (χ1n) is 8.94. The molecule has 0 spiro atoms. The fourth-order valence-corrected chi connectivity index (χ4v) is 3.97. The van der Waals surface area contributed by atoms with Crippen LogP contribution in [0.15, 0.2) is 54.6 Å². The van der Waals surface area contributed by atoms with Gasteiger partial charge in [0, 0.05) is 29.9 Å². The molecule has 1 atom stereocenters.